The molecule has 3 saturated carbocycles. The van der Waals surface area contributed by atoms with Crippen molar-refractivity contribution in [3.8, 4) is 11.5 Å². The fourth-order valence-corrected chi connectivity index (χ4v) is 6.82. The molecule has 36 heavy (non-hydrogen) atoms. The molecule has 9 heteroatoms. The summed E-state index contributed by atoms with van der Waals surface area (Å²) in [5.74, 6) is 5.20. The summed E-state index contributed by atoms with van der Waals surface area (Å²) in [6.07, 6.45) is 8.55. The average Bonchev–Trinajstić information content (AvgIpc) is 3.79. The number of anilines is 2. The van der Waals surface area contributed by atoms with Crippen LogP contribution in [0.15, 0.2) is 24.4 Å². The summed E-state index contributed by atoms with van der Waals surface area (Å²) in [6, 6.07) is 6.31. The van der Waals surface area contributed by atoms with Crippen LogP contribution in [0.3, 0.4) is 0 Å². The van der Waals surface area contributed by atoms with Gasteiger partial charge in [-0.1, -0.05) is 0 Å². The Bertz CT molecular complexity index is 1200. The Morgan fingerprint density at radius 3 is 2.92 bits per heavy atom. The predicted octanol–water partition coefficient (Wildman–Crippen LogP) is 3.12. The van der Waals surface area contributed by atoms with Crippen molar-refractivity contribution >= 4 is 17.4 Å². The first kappa shape index (κ1) is 22.3. The van der Waals surface area contributed by atoms with Gasteiger partial charge in [0.15, 0.2) is 11.6 Å². The number of carbonyl (C=O) groups is 1. The van der Waals surface area contributed by atoms with Crippen molar-refractivity contribution in [1.29, 1.82) is 0 Å². The number of ether oxygens (including phenoxy) is 2. The largest absolute Gasteiger partial charge is 0.497 e. The topological polar surface area (TPSA) is 109 Å². The van der Waals surface area contributed by atoms with Gasteiger partial charge in [-0.25, -0.2) is 15.4 Å². The molecule has 2 aliphatic heterocycles. The minimum absolute atomic E-state index is 0.0708. The SMILES string of the molecule is COc1ccc2c(c1)[C@]1(C[C@H]1C1CCC3C(C1)NNC3Nc1nc(C)ncc1OCC1CC1)C(=O)N2. The van der Waals surface area contributed by atoms with Gasteiger partial charge in [0.05, 0.1) is 31.5 Å². The summed E-state index contributed by atoms with van der Waals surface area (Å²) < 4.78 is 11.5. The Hall–Kier alpha value is -2.91. The summed E-state index contributed by atoms with van der Waals surface area (Å²) >= 11 is 0. The molecular weight excluding hydrogens is 456 g/mol. The van der Waals surface area contributed by atoms with Gasteiger partial charge in [-0.2, -0.15) is 0 Å². The fourth-order valence-electron chi connectivity index (χ4n) is 6.82. The Balaban J connectivity index is 1.03. The number of hydrogen-bond acceptors (Lipinski definition) is 8. The summed E-state index contributed by atoms with van der Waals surface area (Å²) in [5.41, 5.74) is 8.71. The number of aryl methyl sites for hydroxylation is 1. The van der Waals surface area contributed by atoms with Crippen LogP contribution in [0.5, 0.6) is 11.5 Å². The van der Waals surface area contributed by atoms with Crippen molar-refractivity contribution < 1.29 is 14.3 Å². The number of aromatic nitrogens is 2. The van der Waals surface area contributed by atoms with Crippen LogP contribution in [-0.4, -0.2) is 41.8 Å². The molecule has 0 radical (unpaired) electrons. The third kappa shape index (κ3) is 3.63. The molecule has 3 heterocycles. The highest BCUT2D eigenvalue weighted by Crippen LogP contribution is 2.65. The van der Waals surface area contributed by atoms with Gasteiger partial charge in [0.2, 0.25) is 5.91 Å². The van der Waals surface area contributed by atoms with Gasteiger partial charge in [0.1, 0.15) is 11.6 Å². The average molecular weight is 491 g/mol. The Kier molecular flexibility index (Phi) is 5.15. The van der Waals surface area contributed by atoms with E-state index in [1.54, 1.807) is 13.3 Å². The standard InChI is InChI=1S/C27H34N6O3/c1-14-28-12-23(36-13-15-3-4-15)25(29-14)31-24-18-7-5-16(9-22(18)32-33-24)20-11-27(20)19-10-17(35-2)6-8-21(19)30-26(27)34/h6,8,10,12,15-16,18,20,22,24,32-33H,3-5,7,9,11,13H2,1-2H3,(H,30,34)(H,28,29,31)/t16?,18?,20-,22?,24?,27-/m0/s1. The number of hydrogen-bond donors (Lipinski definition) is 4. The molecule has 3 aliphatic carbocycles. The molecule has 1 amide bonds. The van der Waals surface area contributed by atoms with Crippen LogP contribution in [0.25, 0.3) is 0 Å². The Labute approximate surface area is 211 Å². The second-order valence-electron chi connectivity index (χ2n) is 11.3. The second kappa shape index (κ2) is 8.31. The molecule has 4 N–H and O–H groups in total. The van der Waals surface area contributed by atoms with Crippen molar-refractivity contribution in [2.45, 2.75) is 63.1 Å². The van der Waals surface area contributed by atoms with Crippen LogP contribution < -0.4 is 31.0 Å². The van der Waals surface area contributed by atoms with E-state index in [-0.39, 0.29) is 17.5 Å². The molecular formula is C27H34N6O3. The first-order valence-corrected chi connectivity index (χ1v) is 13.3. The molecule has 6 atom stereocenters. The lowest BCUT2D eigenvalue weighted by Crippen LogP contribution is -2.39. The van der Waals surface area contributed by atoms with Crippen LogP contribution in [0, 0.1) is 30.6 Å². The lowest BCUT2D eigenvalue weighted by Gasteiger charge is -2.34. The summed E-state index contributed by atoms with van der Waals surface area (Å²) in [7, 11) is 1.68. The maximum absolute atomic E-state index is 13.1. The molecule has 4 fully saturated rings. The van der Waals surface area contributed by atoms with Crippen molar-refractivity contribution in [1.82, 2.24) is 20.8 Å². The zero-order chi connectivity index (χ0) is 24.4. The third-order valence-electron chi connectivity index (χ3n) is 9.08. The van der Waals surface area contributed by atoms with Gasteiger partial charge >= 0.3 is 0 Å². The van der Waals surface area contributed by atoms with Crippen molar-refractivity contribution in [3.05, 3.63) is 35.8 Å². The second-order valence-corrected chi connectivity index (χ2v) is 11.3. The quantitative estimate of drug-likeness (QED) is 0.469. The van der Waals surface area contributed by atoms with E-state index in [0.29, 0.717) is 29.7 Å². The molecule has 4 unspecified atom stereocenters. The number of carbonyl (C=O) groups excluding carboxylic acids is 1. The van der Waals surface area contributed by atoms with E-state index in [4.69, 9.17) is 9.47 Å². The van der Waals surface area contributed by atoms with E-state index in [1.165, 1.54) is 12.8 Å². The summed E-state index contributed by atoms with van der Waals surface area (Å²) in [6.45, 7) is 2.64. The highest BCUT2D eigenvalue weighted by Gasteiger charge is 2.67. The number of hydrazine groups is 1. The van der Waals surface area contributed by atoms with E-state index < -0.39 is 0 Å². The van der Waals surface area contributed by atoms with Gasteiger partial charge in [0.25, 0.3) is 0 Å². The minimum Gasteiger partial charge on any atom is -0.497 e. The van der Waals surface area contributed by atoms with Gasteiger partial charge in [-0.3, -0.25) is 10.2 Å². The normalized spacial score (nSPS) is 34.2. The van der Waals surface area contributed by atoms with E-state index >= 15 is 0 Å². The fraction of sp³-hybridized carbons (Fsp3) is 0.593. The molecule has 9 nitrogen and oxygen atoms in total. The molecule has 190 valence electrons. The van der Waals surface area contributed by atoms with E-state index in [1.807, 2.05) is 19.1 Å². The summed E-state index contributed by atoms with van der Waals surface area (Å²) in [4.78, 5) is 22.1. The van der Waals surface area contributed by atoms with Gasteiger partial charge in [0, 0.05) is 17.6 Å². The molecule has 5 aliphatic rings. The van der Waals surface area contributed by atoms with Gasteiger partial charge < -0.3 is 20.1 Å². The highest BCUT2D eigenvalue weighted by atomic mass is 16.5. The van der Waals surface area contributed by atoms with Crippen molar-refractivity contribution in [2.24, 2.45) is 23.7 Å². The molecule has 7 rings (SSSR count). The van der Waals surface area contributed by atoms with E-state index in [0.717, 1.165) is 66.7 Å². The van der Waals surface area contributed by atoms with E-state index in [2.05, 4.69) is 37.5 Å². The van der Waals surface area contributed by atoms with Crippen LogP contribution in [0.2, 0.25) is 0 Å². The van der Waals surface area contributed by atoms with Crippen LogP contribution in [-0.2, 0) is 10.2 Å². The van der Waals surface area contributed by atoms with Crippen molar-refractivity contribution in [2.75, 3.05) is 24.4 Å². The summed E-state index contributed by atoms with van der Waals surface area (Å²) in [5, 5.41) is 6.73. The lowest BCUT2D eigenvalue weighted by atomic mass is 9.74. The Morgan fingerprint density at radius 1 is 1.19 bits per heavy atom. The Morgan fingerprint density at radius 2 is 2.08 bits per heavy atom. The smallest absolute Gasteiger partial charge is 0.235 e. The van der Waals surface area contributed by atoms with Crippen LogP contribution >= 0.6 is 0 Å². The van der Waals surface area contributed by atoms with E-state index in [9.17, 15) is 4.79 Å². The maximum atomic E-state index is 13.1. The first-order valence-electron chi connectivity index (χ1n) is 13.3. The number of methoxy groups -OCH3 is 1. The molecule has 1 aromatic heterocycles. The first-order chi connectivity index (χ1) is 17.5. The predicted molar refractivity (Wildman–Crippen MR) is 135 cm³/mol. The molecule has 0 bridgehead atoms. The number of fused-ring (bicyclic) bond motifs is 3. The van der Waals surface area contributed by atoms with Crippen LogP contribution in [0.1, 0.15) is 49.9 Å². The monoisotopic (exact) mass is 490 g/mol. The third-order valence-corrected chi connectivity index (χ3v) is 9.08. The number of nitrogens with one attached hydrogen (secondary N) is 4. The maximum Gasteiger partial charge on any atom is 0.235 e. The minimum atomic E-state index is -0.378. The van der Waals surface area contributed by atoms with Gasteiger partial charge in [-0.15, -0.1) is 0 Å². The number of amides is 1. The van der Waals surface area contributed by atoms with Crippen LogP contribution in [0.4, 0.5) is 11.5 Å². The number of rotatable bonds is 7. The zero-order valence-corrected chi connectivity index (χ0v) is 20.8. The number of benzene rings is 1. The van der Waals surface area contributed by atoms with Crippen molar-refractivity contribution in [3.63, 3.8) is 0 Å². The highest BCUT2D eigenvalue weighted by molar-refractivity contribution is 6.09. The molecule has 1 saturated heterocycles. The lowest BCUT2D eigenvalue weighted by molar-refractivity contribution is -0.118. The van der Waals surface area contributed by atoms with Gasteiger partial charge in [-0.05, 0) is 87.0 Å². The molecule has 2 aromatic rings. The molecule has 1 aromatic carbocycles. The zero-order valence-electron chi connectivity index (χ0n) is 20.8. The molecule has 1 spiro atoms. The number of nitrogens with zero attached hydrogens (tertiary/aromatic N) is 2.